The predicted molar refractivity (Wildman–Crippen MR) is 64.3 cm³/mol. The van der Waals surface area contributed by atoms with Crippen LogP contribution >= 0.6 is 15.9 Å². The Morgan fingerprint density at radius 1 is 1.41 bits per heavy atom. The first-order valence-electron chi connectivity index (χ1n) is 5.01. The molecule has 0 aliphatic heterocycles. The van der Waals surface area contributed by atoms with Crippen LogP contribution in [0.1, 0.15) is 18.9 Å². The van der Waals surface area contributed by atoms with Crippen molar-refractivity contribution in [1.82, 2.24) is 0 Å². The third-order valence-electron chi connectivity index (χ3n) is 1.91. The Labute approximate surface area is 106 Å². The Kier molecular flexibility index (Phi) is 5.28. The summed E-state index contributed by atoms with van der Waals surface area (Å²) in [6.45, 7) is 2.02. The van der Waals surface area contributed by atoms with E-state index >= 15 is 0 Å². The maximum Gasteiger partial charge on any atom is 0.309 e. The second kappa shape index (κ2) is 6.49. The van der Waals surface area contributed by atoms with Gasteiger partial charge in [-0.2, -0.15) is 0 Å². The summed E-state index contributed by atoms with van der Waals surface area (Å²) in [5.41, 5.74) is 0.354. The Hall–Kier alpha value is -1.23. The summed E-state index contributed by atoms with van der Waals surface area (Å²) in [6, 6.07) is 2.35. The van der Waals surface area contributed by atoms with Crippen LogP contribution in [0.15, 0.2) is 22.7 Å². The average Bonchev–Trinajstić information content (AvgIpc) is 2.26. The van der Waals surface area contributed by atoms with Gasteiger partial charge in [0, 0.05) is 0 Å². The summed E-state index contributed by atoms with van der Waals surface area (Å²) in [5, 5.41) is 0. The van der Waals surface area contributed by atoms with Crippen LogP contribution in [-0.4, -0.2) is 12.6 Å². The molecule has 0 amide bonds. The van der Waals surface area contributed by atoms with Gasteiger partial charge in [0.2, 0.25) is 0 Å². The maximum atomic E-state index is 13.1. The first kappa shape index (κ1) is 13.8. The van der Waals surface area contributed by atoms with Gasteiger partial charge in [0.1, 0.15) is 11.6 Å². The highest BCUT2D eigenvalue weighted by atomic mass is 79.9. The van der Waals surface area contributed by atoms with E-state index in [1.54, 1.807) is 6.92 Å². The summed E-state index contributed by atoms with van der Waals surface area (Å²) < 4.78 is 30.8. The summed E-state index contributed by atoms with van der Waals surface area (Å²) in [7, 11) is 0. The van der Waals surface area contributed by atoms with Crippen molar-refractivity contribution in [1.29, 1.82) is 0 Å². The average molecular weight is 305 g/mol. The van der Waals surface area contributed by atoms with Gasteiger partial charge in [-0.15, -0.1) is 0 Å². The van der Waals surface area contributed by atoms with Gasteiger partial charge in [0.15, 0.2) is 0 Å². The van der Waals surface area contributed by atoms with Gasteiger partial charge in [0.05, 0.1) is 17.5 Å². The predicted octanol–water partition coefficient (Wildman–Crippen LogP) is 3.69. The number of ether oxygens (including phenoxy) is 1. The molecule has 5 heteroatoms. The largest absolute Gasteiger partial charge is 0.466 e. The van der Waals surface area contributed by atoms with Gasteiger partial charge in [-0.05, 0) is 40.5 Å². The number of esters is 1. The second-order valence-electron chi connectivity index (χ2n) is 3.21. The maximum absolute atomic E-state index is 13.1. The molecule has 0 heterocycles. The minimum Gasteiger partial charge on any atom is -0.466 e. The van der Waals surface area contributed by atoms with Gasteiger partial charge in [-0.1, -0.05) is 12.2 Å². The molecule has 0 N–H and O–H groups in total. The molecule has 0 aromatic heterocycles. The minimum absolute atomic E-state index is 0.0765. The fourth-order valence-corrected chi connectivity index (χ4v) is 1.41. The van der Waals surface area contributed by atoms with Gasteiger partial charge in [-0.3, -0.25) is 4.79 Å². The van der Waals surface area contributed by atoms with Crippen LogP contribution in [0.4, 0.5) is 8.78 Å². The van der Waals surface area contributed by atoms with Gasteiger partial charge in [0.25, 0.3) is 0 Å². The van der Waals surface area contributed by atoms with Crippen molar-refractivity contribution in [3.8, 4) is 0 Å². The van der Waals surface area contributed by atoms with E-state index in [1.807, 2.05) is 0 Å². The van der Waals surface area contributed by atoms with Crippen LogP contribution in [0, 0.1) is 11.6 Å². The van der Waals surface area contributed by atoms with Gasteiger partial charge >= 0.3 is 5.97 Å². The second-order valence-corrected chi connectivity index (χ2v) is 4.00. The van der Waals surface area contributed by atoms with Gasteiger partial charge in [-0.25, -0.2) is 8.78 Å². The van der Waals surface area contributed by atoms with Crippen LogP contribution in [-0.2, 0) is 9.53 Å². The zero-order chi connectivity index (χ0) is 12.8. The van der Waals surface area contributed by atoms with Crippen LogP contribution in [0.2, 0.25) is 0 Å². The van der Waals surface area contributed by atoms with Crippen LogP contribution in [0.25, 0.3) is 6.08 Å². The van der Waals surface area contributed by atoms with E-state index in [0.29, 0.717) is 12.2 Å². The van der Waals surface area contributed by atoms with Crippen LogP contribution in [0.3, 0.4) is 0 Å². The third kappa shape index (κ3) is 4.26. The SMILES string of the molecule is CCOC(=O)CC=Cc1cc(F)c(Br)c(F)c1. The van der Waals surface area contributed by atoms with E-state index in [4.69, 9.17) is 4.74 Å². The van der Waals surface area contributed by atoms with Crippen molar-refractivity contribution < 1.29 is 18.3 Å². The molecular formula is C12H11BrF2O2. The molecular weight excluding hydrogens is 294 g/mol. The highest BCUT2D eigenvalue weighted by Gasteiger charge is 2.06. The van der Waals surface area contributed by atoms with E-state index in [0.717, 1.165) is 0 Å². The molecule has 0 bridgehead atoms. The molecule has 0 atom stereocenters. The molecule has 0 saturated heterocycles. The number of carbonyl (C=O) groups is 1. The Morgan fingerprint density at radius 2 is 2.00 bits per heavy atom. The molecule has 1 rings (SSSR count). The van der Waals surface area contributed by atoms with E-state index in [1.165, 1.54) is 24.3 Å². The number of rotatable bonds is 4. The van der Waals surface area contributed by atoms with Crippen LogP contribution < -0.4 is 0 Å². The summed E-state index contributed by atoms with van der Waals surface area (Å²) in [5.74, 6) is -1.73. The first-order chi connectivity index (χ1) is 8.04. The zero-order valence-corrected chi connectivity index (χ0v) is 10.8. The minimum atomic E-state index is -0.680. The summed E-state index contributed by atoms with van der Waals surface area (Å²) in [4.78, 5) is 11.0. The van der Waals surface area contributed by atoms with E-state index in [2.05, 4.69) is 15.9 Å². The third-order valence-corrected chi connectivity index (χ3v) is 2.66. The van der Waals surface area contributed by atoms with Crippen molar-refractivity contribution in [2.75, 3.05) is 6.61 Å². The van der Waals surface area contributed by atoms with E-state index in [-0.39, 0.29) is 16.9 Å². The molecule has 0 unspecified atom stereocenters. The van der Waals surface area contributed by atoms with Crippen molar-refractivity contribution >= 4 is 28.0 Å². The molecule has 0 aliphatic carbocycles. The van der Waals surface area contributed by atoms with Crippen LogP contribution in [0.5, 0.6) is 0 Å². The monoisotopic (exact) mass is 304 g/mol. The molecule has 17 heavy (non-hydrogen) atoms. The fraction of sp³-hybridized carbons (Fsp3) is 0.250. The summed E-state index contributed by atoms with van der Waals surface area (Å²) in [6.07, 6.45) is 3.04. The lowest BCUT2D eigenvalue weighted by Gasteiger charge is -2.00. The number of hydrogen-bond donors (Lipinski definition) is 0. The zero-order valence-electron chi connectivity index (χ0n) is 9.17. The molecule has 92 valence electrons. The molecule has 0 fully saturated rings. The van der Waals surface area contributed by atoms with Crippen molar-refractivity contribution in [2.45, 2.75) is 13.3 Å². The van der Waals surface area contributed by atoms with Crippen molar-refractivity contribution in [2.24, 2.45) is 0 Å². The molecule has 2 nitrogen and oxygen atoms in total. The number of hydrogen-bond acceptors (Lipinski definition) is 2. The molecule has 1 aromatic rings. The number of carbonyl (C=O) groups excluding carboxylic acids is 1. The molecule has 0 spiro atoms. The molecule has 0 radical (unpaired) electrons. The fourth-order valence-electron chi connectivity index (χ4n) is 1.18. The van der Waals surface area contributed by atoms with Gasteiger partial charge < -0.3 is 4.74 Å². The quantitative estimate of drug-likeness (QED) is 0.626. The van der Waals surface area contributed by atoms with Crippen molar-refractivity contribution in [3.63, 3.8) is 0 Å². The Bertz CT molecular complexity index is 421. The lowest BCUT2D eigenvalue weighted by molar-refractivity contribution is -0.142. The number of halogens is 3. The first-order valence-corrected chi connectivity index (χ1v) is 5.80. The Balaban J connectivity index is 2.69. The highest BCUT2D eigenvalue weighted by molar-refractivity contribution is 9.10. The normalized spacial score (nSPS) is 10.8. The smallest absolute Gasteiger partial charge is 0.309 e. The lowest BCUT2D eigenvalue weighted by Crippen LogP contribution is -2.01. The highest BCUT2D eigenvalue weighted by Crippen LogP contribution is 2.21. The Morgan fingerprint density at radius 3 is 2.53 bits per heavy atom. The number of benzene rings is 1. The molecule has 0 aliphatic rings. The summed E-state index contributed by atoms with van der Waals surface area (Å²) >= 11 is 2.78. The van der Waals surface area contributed by atoms with E-state index < -0.39 is 11.6 Å². The topological polar surface area (TPSA) is 26.3 Å². The standard InChI is InChI=1S/C12H11BrF2O2/c1-2-17-11(16)5-3-4-8-6-9(14)12(13)10(15)7-8/h3-4,6-7H,2,5H2,1H3. The molecule has 1 aromatic carbocycles. The molecule has 0 saturated carbocycles. The lowest BCUT2D eigenvalue weighted by atomic mass is 10.2. The van der Waals surface area contributed by atoms with Crippen molar-refractivity contribution in [3.05, 3.63) is 39.9 Å². The van der Waals surface area contributed by atoms with E-state index in [9.17, 15) is 13.6 Å².